The summed E-state index contributed by atoms with van der Waals surface area (Å²) in [4.78, 5) is 28.4. The first kappa shape index (κ1) is 18.7. The number of amides is 1. The molecule has 2 aromatic rings. The van der Waals surface area contributed by atoms with Crippen LogP contribution in [0.4, 0.5) is 5.69 Å². The van der Waals surface area contributed by atoms with Gasteiger partial charge >= 0.3 is 4.87 Å². The van der Waals surface area contributed by atoms with Crippen molar-refractivity contribution in [2.24, 2.45) is 0 Å². The Balaban J connectivity index is 1.32. The molecule has 26 heavy (non-hydrogen) atoms. The van der Waals surface area contributed by atoms with E-state index >= 15 is 0 Å². The molecule has 1 aromatic carbocycles. The molecular formula is C19H26N4O2S. The van der Waals surface area contributed by atoms with Gasteiger partial charge in [0.2, 0.25) is 5.91 Å². The summed E-state index contributed by atoms with van der Waals surface area (Å²) in [5.41, 5.74) is 2.13. The molecule has 2 heterocycles. The van der Waals surface area contributed by atoms with E-state index in [-0.39, 0.29) is 17.3 Å². The summed E-state index contributed by atoms with van der Waals surface area (Å²) < 4.78 is 1.52. The van der Waals surface area contributed by atoms with Crippen molar-refractivity contribution in [1.82, 2.24) is 14.8 Å². The molecule has 1 N–H and O–H groups in total. The van der Waals surface area contributed by atoms with Crippen molar-refractivity contribution in [3.63, 3.8) is 0 Å². The van der Waals surface area contributed by atoms with Gasteiger partial charge in [-0.3, -0.25) is 19.1 Å². The normalized spacial score (nSPS) is 15.2. The third kappa shape index (κ3) is 4.95. The quantitative estimate of drug-likeness (QED) is 0.747. The Morgan fingerprint density at radius 2 is 1.88 bits per heavy atom. The topological polar surface area (TPSA) is 57.6 Å². The summed E-state index contributed by atoms with van der Waals surface area (Å²) in [7, 11) is 0. The molecule has 0 radical (unpaired) electrons. The minimum absolute atomic E-state index is 0.0751. The fourth-order valence-corrected chi connectivity index (χ4v) is 3.93. The third-order valence-corrected chi connectivity index (χ3v) is 5.63. The number of para-hydroxylation sites is 1. The van der Waals surface area contributed by atoms with Crippen molar-refractivity contribution in [2.45, 2.75) is 19.9 Å². The largest absolute Gasteiger partial charge is 0.369 e. The maximum Gasteiger partial charge on any atom is 0.307 e. The van der Waals surface area contributed by atoms with Crippen LogP contribution in [0.1, 0.15) is 12.1 Å². The summed E-state index contributed by atoms with van der Waals surface area (Å²) in [5.74, 6) is -0.0949. The highest BCUT2D eigenvalue weighted by Gasteiger charge is 2.16. The number of nitrogens with zero attached hydrogens (tertiary/aromatic N) is 3. The van der Waals surface area contributed by atoms with Crippen LogP contribution in [0.25, 0.3) is 0 Å². The van der Waals surface area contributed by atoms with Crippen LogP contribution >= 0.6 is 11.3 Å². The summed E-state index contributed by atoms with van der Waals surface area (Å²) >= 11 is 1.14. The molecule has 3 rings (SSSR count). The maximum absolute atomic E-state index is 12.0. The standard InChI is InChI=1S/C19H26N4O2S/c1-16-15-26-19(25)23(16)14-18(24)20-8-5-9-21-10-12-22(13-11-21)17-6-3-2-4-7-17/h2-4,6-7,15H,5,8-14H2,1H3,(H,20,24). The summed E-state index contributed by atoms with van der Waals surface area (Å²) in [6, 6.07) is 10.5. The fourth-order valence-electron chi connectivity index (χ4n) is 3.19. The van der Waals surface area contributed by atoms with Crippen molar-refractivity contribution >= 4 is 22.9 Å². The molecule has 140 valence electrons. The predicted molar refractivity (Wildman–Crippen MR) is 106 cm³/mol. The van der Waals surface area contributed by atoms with E-state index < -0.39 is 0 Å². The van der Waals surface area contributed by atoms with Gasteiger partial charge in [-0.15, -0.1) is 0 Å². The molecule has 1 amide bonds. The number of hydrogen-bond donors (Lipinski definition) is 1. The molecule has 0 spiro atoms. The molecule has 0 unspecified atom stereocenters. The number of nitrogens with one attached hydrogen (secondary N) is 1. The van der Waals surface area contributed by atoms with Crippen LogP contribution in [0.5, 0.6) is 0 Å². The first-order chi connectivity index (χ1) is 12.6. The predicted octanol–water partition coefficient (Wildman–Crippen LogP) is 1.55. The maximum atomic E-state index is 12.0. The Morgan fingerprint density at radius 3 is 2.54 bits per heavy atom. The Hall–Kier alpha value is -2.12. The van der Waals surface area contributed by atoms with Gasteiger partial charge in [0, 0.05) is 49.5 Å². The van der Waals surface area contributed by atoms with Crippen molar-refractivity contribution in [2.75, 3.05) is 44.2 Å². The van der Waals surface area contributed by atoms with Gasteiger partial charge < -0.3 is 10.2 Å². The van der Waals surface area contributed by atoms with E-state index in [2.05, 4.69) is 39.4 Å². The van der Waals surface area contributed by atoms with E-state index in [4.69, 9.17) is 0 Å². The van der Waals surface area contributed by atoms with Crippen molar-refractivity contribution < 1.29 is 4.79 Å². The smallest absolute Gasteiger partial charge is 0.307 e. The molecule has 1 fully saturated rings. The zero-order chi connectivity index (χ0) is 18.4. The number of anilines is 1. The van der Waals surface area contributed by atoms with E-state index in [0.717, 1.165) is 56.2 Å². The molecule has 1 saturated heterocycles. The Morgan fingerprint density at radius 1 is 1.15 bits per heavy atom. The Kier molecular flexibility index (Phi) is 6.46. The van der Waals surface area contributed by atoms with Gasteiger partial charge in [0.1, 0.15) is 6.54 Å². The highest BCUT2D eigenvalue weighted by atomic mass is 32.1. The molecule has 0 bridgehead atoms. The van der Waals surface area contributed by atoms with E-state index in [0.29, 0.717) is 6.54 Å². The Bertz CT molecular complexity index is 763. The summed E-state index contributed by atoms with van der Waals surface area (Å²) in [6.07, 6.45) is 0.925. The van der Waals surface area contributed by atoms with Gasteiger partial charge in [0.15, 0.2) is 0 Å². The van der Waals surface area contributed by atoms with Crippen LogP contribution in [0, 0.1) is 6.92 Å². The number of benzene rings is 1. The second kappa shape index (κ2) is 9.00. The van der Waals surface area contributed by atoms with Crippen LogP contribution in [0.15, 0.2) is 40.5 Å². The number of thiazole rings is 1. The van der Waals surface area contributed by atoms with Crippen LogP contribution in [0.2, 0.25) is 0 Å². The van der Waals surface area contributed by atoms with Gasteiger partial charge in [0.05, 0.1) is 0 Å². The van der Waals surface area contributed by atoms with Crippen LogP contribution < -0.4 is 15.1 Å². The van der Waals surface area contributed by atoms with Crippen LogP contribution in [-0.4, -0.2) is 54.6 Å². The third-order valence-electron chi connectivity index (χ3n) is 4.75. The number of hydrogen-bond acceptors (Lipinski definition) is 5. The van der Waals surface area contributed by atoms with Crippen molar-refractivity contribution in [3.8, 4) is 0 Å². The van der Waals surface area contributed by atoms with E-state index in [1.165, 1.54) is 10.3 Å². The average Bonchev–Trinajstić information content (AvgIpc) is 2.98. The molecule has 0 aliphatic carbocycles. The lowest BCUT2D eigenvalue weighted by Crippen LogP contribution is -2.47. The molecular weight excluding hydrogens is 348 g/mol. The minimum Gasteiger partial charge on any atom is -0.369 e. The van der Waals surface area contributed by atoms with E-state index in [1.807, 2.05) is 13.0 Å². The summed E-state index contributed by atoms with van der Waals surface area (Å²) in [5, 5.41) is 4.70. The molecule has 0 atom stereocenters. The Labute approximate surface area is 158 Å². The first-order valence-electron chi connectivity index (χ1n) is 9.07. The number of rotatable bonds is 7. The number of aryl methyl sites for hydroxylation is 1. The van der Waals surface area contributed by atoms with Gasteiger partial charge in [-0.1, -0.05) is 29.5 Å². The average molecular weight is 375 g/mol. The molecule has 1 aromatic heterocycles. The van der Waals surface area contributed by atoms with Gasteiger partial charge in [0.25, 0.3) is 0 Å². The van der Waals surface area contributed by atoms with Crippen LogP contribution in [-0.2, 0) is 11.3 Å². The molecule has 7 heteroatoms. The van der Waals surface area contributed by atoms with Crippen molar-refractivity contribution in [3.05, 3.63) is 51.1 Å². The first-order valence-corrected chi connectivity index (χ1v) is 9.95. The SMILES string of the molecule is Cc1csc(=O)n1CC(=O)NCCCN1CCN(c2ccccc2)CC1. The van der Waals surface area contributed by atoms with E-state index in [1.54, 1.807) is 5.38 Å². The lowest BCUT2D eigenvalue weighted by Gasteiger charge is -2.36. The van der Waals surface area contributed by atoms with E-state index in [9.17, 15) is 9.59 Å². The monoisotopic (exact) mass is 374 g/mol. The van der Waals surface area contributed by atoms with Gasteiger partial charge in [-0.2, -0.15) is 0 Å². The van der Waals surface area contributed by atoms with Gasteiger partial charge in [-0.05, 0) is 32.0 Å². The molecule has 0 saturated carbocycles. The lowest BCUT2D eigenvalue weighted by atomic mass is 10.2. The number of carbonyl (C=O) groups excluding carboxylic acids is 1. The highest BCUT2D eigenvalue weighted by molar-refractivity contribution is 7.07. The number of aromatic nitrogens is 1. The van der Waals surface area contributed by atoms with Gasteiger partial charge in [-0.25, -0.2) is 0 Å². The highest BCUT2D eigenvalue weighted by Crippen LogP contribution is 2.15. The minimum atomic E-state index is -0.0949. The number of carbonyl (C=O) groups is 1. The molecule has 6 nitrogen and oxygen atoms in total. The van der Waals surface area contributed by atoms with Crippen LogP contribution in [0.3, 0.4) is 0 Å². The summed E-state index contributed by atoms with van der Waals surface area (Å²) in [6.45, 7) is 7.77. The number of piperazine rings is 1. The second-order valence-electron chi connectivity index (χ2n) is 6.60. The molecule has 1 aliphatic heterocycles. The molecule has 1 aliphatic rings. The fraction of sp³-hybridized carbons (Fsp3) is 0.474. The lowest BCUT2D eigenvalue weighted by molar-refractivity contribution is -0.121. The second-order valence-corrected chi connectivity index (χ2v) is 7.42. The zero-order valence-corrected chi connectivity index (χ0v) is 16.0. The van der Waals surface area contributed by atoms with Crippen molar-refractivity contribution in [1.29, 1.82) is 0 Å². The zero-order valence-electron chi connectivity index (χ0n) is 15.2.